The molecule has 2 heteroatoms. The Balaban J connectivity index is 2.41. The zero-order chi connectivity index (χ0) is 10.7. The summed E-state index contributed by atoms with van der Waals surface area (Å²) in [4.78, 5) is 11.9. The Labute approximate surface area is 93.4 Å². The molecule has 1 aromatic carbocycles. The van der Waals surface area contributed by atoms with Gasteiger partial charge in [-0.25, -0.2) is 0 Å². The van der Waals surface area contributed by atoms with Crippen molar-refractivity contribution in [2.75, 3.05) is 0 Å². The van der Waals surface area contributed by atoms with Crippen molar-refractivity contribution in [1.29, 1.82) is 0 Å². The van der Waals surface area contributed by atoms with E-state index in [1.807, 2.05) is 11.4 Å². The molecule has 0 spiro atoms. The standard InChI is InChI=1S/C13H12OS/c1-2-10-3-5-11(6-4-10)13-12(9-14)7-8-15-13/h3-9H,2H2,1H3. The predicted octanol–water partition coefficient (Wildman–Crippen LogP) is 3.79. The van der Waals surface area contributed by atoms with E-state index in [0.717, 1.165) is 28.7 Å². The Kier molecular flexibility index (Phi) is 2.97. The maximum atomic E-state index is 10.8. The van der Waals surface area contributed by atoms with Crippen LogP contribution in [0.1, 0.15) is 22.8 Å². The second kappa shape index (κ2) is 4.41. The molecule has 76 valence electrons. The smallest absolute Gasteiger partial charge is 0.151 e. The number of carbonyl (C=O) groups excluding carboxylic acids is 1. The van der Waals surface area contributed by atoms with Crippen LogP contribution in [0.15, 0.2) is 35.7 Å². The Morgan fingerprint density at radius 2 is 1.93 bits per heavy atom. The van der Waals surface area contributed by atoms with Crippen LogP contribution in [0, 0.1) is 0 Å². The van der Waals surface area contributed by atoms with Crippen molar-refractivity contribution >= 4 is 17.6 Å². The summed E-state index contributed by atoms with van der Waals surface area (Å²) in [5.74, 6) is 0. The second-order valence-electron chi connectivity index (χ2n) is 3.37. The molecule has 0 bridgehead atoms. The van der Waals surface area contributed by atoms with E-state index in [4.69, 9.17) is 0 Å². The number of aryl methyl sites for hydroxylation is 1. The van der Waals surface area contributed by atoms with Gasteiger partial charge in [0.2, 0.25) is 0 Å². The molecule has 0 N–H and O–H groups in total. The molecule has 1 heterocycles. The van der Waals surface area contributed by atoms with Crippen molar-refractivity contribution in [1.82, 2.24) is 0 Å². The first-order chi connectivity index (χ1) is 7.35. The highest BCUT2D eigenvalue weighted by molar-refractivity contribution is 7.14. The molecule has 0 saturated heterocycles. The third-order valence-corrected chi connectivity index (χ3v) is 3.43. The lowest BCUT2D eigenvalue weighted by atomic mass is 10.1. The van der Waals surface area contributed by atoms with Crippen LogP contribution < -0.4 is 0 Å². The monoisotopic (exact) mass is 216 g/mol. The minimum Gasteiger partial charge on any atom is -0.298 e. The molecule has 1 aromatic heterocycles. The average Bonchev–Trinajstić information content (AvgIpc) is 2.77. The molecule has 2 rings (SSSR count). The van der Waals surface area contributed by atoms with Crippen LogP contribution >= 0.6 is 11.3 Å². The molecular formula is C13H12OS. The number of thiophene rings is 1. The summed E-state index contributed by atoms with van der Waals surface area (Å²) in [7, 11) is 0. The summed E-state index contributed by atoms with van der Waals surface area (Å²) in [5, 5.41) is 1.95. The molecule has 0 fully saturated rings. The number of hydrogen-bond acceptors (Lipinski definition) is 2. The van der Waals surface area contributed by atoms with Crippen molar-refractivity contribution in [2.24, 2.45) is 0 Å². The first-order valence-electron chi connectivity index (χ1n) is 4.97. The largest absolute Gasteiger partial charge is 0.298 e. The van der Waals surface area contributed by atoms with Crippen molar-refractivity contribution in [3.05, 3.63) is 46.8 Å². The Bertz CT molecular complexity index is 454. The third kappa shape index (κ3) is 2.00. The Hall–Kier alpha value is -1.41. The highest BCUT2D eigenvalue weighted by Gasteiger charge is 2.05. The van der Waals surface area contributed by atoms with E-state index in [2.05, 4.69) is 31.2 Å². The summed E-state index contributed by atoms with van der Waals surface area (Å²) >= 11 is 1.61. The molecule has 1 nitrogen and oxygen atoms in total. The number of hydrogen-bond donors (Lipinski definition) is 0. The van der Waals surface area contributed by atoms with Gasteiger partial charge in [0.15, 0.2) is 6.29 Å². The summed E-state index contributed by atoms with van der Waals surface area (Å²) in [5.41, 5.74) is 3.23. The van der Waals surface area contributed by atoms with Crippen molar-refractivity contribution in [3.63, 3.8) is 0 Å². The van der Waals surface area contributed by atoms with E-state index in [1.165, 1.54) is 5.56 Å². The maximum Gasteiger partial charge on any atom is 0.151 e. The minimum absolute atomic E-state index is 0.782. The molecule has 2 aromatic rings. The minimum atomic E-state index is 0.782. The van der Waals surface area contributed by atoms with Gasteiger partial charge in [0.05, 0.1) is 0 Å². The molecule has 0 atom stereocenters. The van der Waals surface area contributed by atoms with E-state index in [-0.39, 0.29) is 0 Å². The number of aldehydes is 1. The fourth-order valence-electron chi connectivity index (χ4n) is 1.54. The van der Waals surface area contributed by atoms with Crippen LogP contribution in [-0.2, 0) is 6.42 Å². The van der Waals surface area contributed by atoms with E-state index in [9.17, 15) is 4.79 Å². The van der Waals surface area contributed by atoms with E-state index in [0.29, 0.717) is 0 Å². The van der Waals surface area contributed by atoms with E-state index >= 15 is 0 Å². The van der Waals surface area contributed by atoms with Gasteiger partial charge in [0.1, 0.15) is 0 Å². The van der Waals surface area contributed by atoms with E-state index in [1.54, 1.807) is 11.3 Å². The fourth-order valence-corrected chi connectivity index (χ4v) is 2.41. The molecule has 0 saturated carbocycles. The Morgan fingerprint density at radius 1 is 1.20 bits per heavy atom. The third-order valence-electron chi connectivity index (χ3n) is 2.45. The summed E-state index contributed by atoms with van der Waals surface area (Å²) in [6.45, 7) is 2.14. The fraction of sp³-hybridized carbons (Fsp3) is 0.154. The quantitative estimate of drug-likeness (QED) is 0.713. The van der Waals surface area contributed by atoms with Gasteiger partial charge in [-0.3, -0.25) is 4.79 Å². The summed E-state index contributed by atoms with van der Waals surface area (Å²) in [6.07, 6.45) is 1.96. The lowest BCUT2D eigenvalue weighted by Gasteiger charge is -2.01. The lowest BCUT2D eigenvalue weighted by Crippen LogP contribution is -1.82. The molecule has 0 aliphatic carbocycles. The normalized spacial score (nSPS) is 10.2. The number of rotatable bonds is 3. The highest BCUT2D eigenvalue weighted by Crippen LogP contribution is 2.28. The second-order valence-corrected chi connectivity index (χ2v) is 4.29. The van der Waals surface area contributed by atoms with Crippen LogP contribution in [0.3, 0.4) is 0 Å². The van der Waals surface area contributed by atoms with E-state index < -0.39 is 0 Å². The van der Waals surface area contributed by atoms with Crippen LogP contribution in [-0.4, -0.2) is 6.29 Å². The molecule has 0 unspecified atom stereocenters. The van der Waals surface area contributed by atoms with Crippen LogP contribution in [0.5, 0.6) is 0 Å². The summed E-state index contributed by atoms with van der Waals surface area (Å²) in [6, 6.07) is 10.3. The number of benzene rings is 1. The molecular weight excluding hydrogens is 204 g/mol. The van der Waals surface area contributed by atoms with Crippen molar-refractivity contribution in [3.8, 4) is 10.4 Å². The van der Waals surface area contributed by atoms with Gasteiger partial charge < -0.3 is 0 Å². The van der Waals surface area contributed by atoms with Gasteiger partial charge in [-0.05, 0) is 29.0 Å². The molecule has 0 amide bonds. The van der Waals surface area contributed by atoms with Crippen molar-refractivity contribution in [2.45, 2.75) is 13.3 Å². The maximum absolute atomic E-state index is 10.8. The Morgan fingerprint density at radius 3 is 2.53 bits per heavy atom. The molecule has 0 radical (unpaired) electrons. The molecule has 0 aliphatic heterocycles. The zero-order valence-corrected chi connectivity index (χ0v) is 9.38. The van der Waals surface area contributed by atoms with Crippen LogP contribution in [0.2, 0.25) is 0 Å². The van der Waals surface area contributed by atoms with Gasteiger partial charge in [-0.15, -0.1) is 11.3 Å². The van der Waals surface area contributed by atoms with Crippen LogP contribution in [0.4, 0.5) is 0 Å². The average molecular weight is 216 g/mol. The van der Waals surface area contributed by atoms with Gasteiger partial charge in [-0.2, -0.15) is 0 Å². The SMILES string of the molecule is CCc1ccc(-c2sccc2C=O)cc1. The highest BCUT2D eigenvalue weighted by atomic mass is 32.1. The predicted molar refractivity (Wildman–Crippen MR) is 64.5 cm³/mol. The first-order valence-corrected chi connectivity index (χ1v) is 5.85. The molecule has 0 aliphatic rings. The summed E-state index contributed by atoms with van der Waals surface area (Å²) < 4.78 is 0. The van der Waals surface area contributed by atoms with Gasteiger partial charge >= 0.3 is 0 Å². The van der Waals surface area contributed by atoms with Gasteiger partial charge in [0.25, 0.3) is 0 Å². The first kappa shape index (κ1) is 10.1. The van der Waals surface area contributed by atoms with Gasteiger partial charge in [-0.1, -0.05) is 31.2 Å². The zero-order valence-electron chi connectivity index (χ0n) is 8.57. The van der Waals surface area contributed by atoms with Gasteiger partial charge in [0, 0.05) is 10.4 Å². The van der Waals surface area contributed by atoms with Crippen LogP contribution in [0.25, 0.3) is 10.4 Å². The number of carbonyl (C=O) groups is 1. The van der Waals surface area contributed by atoms with Crippen molar-refractivity contribution < 1.29 is 4.79 Å². The molecule has 15 heavy (non-hydrogen) atoms. The lowest BCUT2D eigenvalue weighted by molar-refractivity contribution is 0.112. The topological polar surface area (TPSA) is 17.1 Å².